The molecule has 3 heteroatoms. The number of hydrogen-bond acceptors (Lipinski definition) is 1. The number of fused-ring (bicyclic) bond motifs is 2. The second-order valence-electron chi connectivity index (χ2n) is 4.38. The van der Waals surface area contributed by atoms with Crippen LogP contribution in [0.1, 0.15) is 12.0 Å². The van der Waals surface area contributed by atoms with E-state index in [1.54, 1.807) is 6.07 Å². The molecule has 0 saturated carbocycles. The third kappa shape index (κ3) is 1.70. The first-order valence-corrected chi connectivity index (χ1v) is 8.64. The molecule has 0 spiro atoms. The molecule has 2 aliphatic rings. The molecule has 1 aromatic rings. The van der Waals surface area contributed by atoms with Gasteiger partial charge in [-0.05, 0) is 0 Å². The minimum absolute atomic E-state index is 0.124. The number of halogens is 2. The van der Waals surface area contributed by atoms with Crippen LogP contribution in [0, 0.1) is 11.7 Å². The van der Waals surface area contributed by atoms with Crippen molar-refractivity contribution in [1.82, 2.24) is 3.11 Å². The summed E-state index contributed by atoms with van der Waals surface area (Å²) in [5.74, 6) is 0.521. The van der Waals surface area contributed by atoms with Crippen LogP contribution in [-0.2, 0) is 0 Å². The van der Waals surface area contributed by atoms with Crippen molar-refractivity contribution in [2.75, 3.05) is 11.5 Å². The molecule has 0 amide bonds. The van der Waals surface area contributed by atoms with Gasteiger partial charge in [-0.3, -0.25) is 0 Å². The molecular formula is C13H14FIN-. The van der Waals surface area contributed by atoms with Gasteiger partial charge in [0.1, 0.15) is 0 Å². The Kier molecular flexibility index (Phi) is 2.75. The van der Waals surface area contributed by atoms with Crippen molar-refractivity contribution in [2.45, 2.75) is 12.5 Å². The van der Waals surface area contributed by atoms with Gasteiger partial charge in [-0.25, -0.2) is 0 Å². The number of alkyl halides is 1. The summed E-state index contributed by atoms with van der Waals surface area (Å²) in [5.41, 5.74) is 2.46. The standard InChI is InChI=1S/C13H14FIN/c1-15-16-8-10-6-12(16)7-13(10)9-3-2-4-11(14)5-9/h2-5,7,10,12H,6,8H2,1H3/q-1. The molecule has 2 bridgehead atoms. The van der Waals surface area contributed by atoms with Gasteiger partial charge < -0.3 is 0 Å². The summed E-state index contributed by atoms with van der Waals surface area (Å²) in [7, 11) is 0. The summed E-state index contributed by atoms with van der Waals surface area (Å²) in [6, 6.07) is 7.66. The van der Waals surface area contributed by atoms with Crippen molar-refractivity contribution < 1.29 is 25.9 Å². The third-order valence-corrected chi connectivity index (χ3v) is 5.82. The fraction of sp³-hybridized carbons (Fsp3) is 0.385. The molecule has 1 fully saturated rings. The summed E-state index contributed by atoms with van der Waals surface area (Å²) in [4.78, 5) is 2.31. The van der Waals surface area contributed by atoms with Crippen LogP contribution in [0.4, 0.5) is 4.39 Å². The zero-order valence-electron chi connectivity index (χ0n) is 9.16. The van der Waals surface area contributed by atoms with E-state index in [1.165, 1.54) is 24.6 Å². The molecule has 1 heterocycles. The Morgan fingerprint density at radius 2 is 2.31 bits per heavy atom. The van der Waals surface area contributed by atoms with E-state index < -0.39 is 0 Å². The number of nitrogens with zero attached hydrogens (tertiary/aromatic N) is 1. The van der Waals surface area contributed by atoms with E-state index >= 15 is 0 Å². The van der Waals surface area contributed by atoms with Crippen LogP contribution < -0.4 is 21.5 Å². The van der Waals surface area contributed by atoms with Crippen LogP contribution in [0.3, 0.4) is 0 Å². The molecule has 2 atom stereocenters. The average molecular weight is 330 g/mol. The minimum atomic E-state index is -0.124. The molecule has 0 N–H and O–H groups in total. The van der Waals surface area contributed by atoms with E-state index in [4.69, 9.17) is 0 Å². The van der Waals surface area contributed by atoms with Crippen LogP contribution in [-0.4, -0.2) is 20.6 Å². The fourth-order valence-corrected chi connectivity index (χ4v) is 4.71. The van der Waals surface area contributed by atoms with E-state index in [9.17, 15) is 4.39 Å². The number of benzene rings is 1. The first-order valence-electron chi connectivity index (χ1n) is 5.52. The third-order valence-electron chi connectivity index (χ3n) is 3.47. The predicted molar refractivity (Wildman–Crippen MR) is 58.9 cm³/mol. The van der Waals surface area contributed by atoms with Crippen molar-refractivity contribution in [1.29, 1.82) is 0 Å². The van der Waals surface area contributed by atoms with Crippen LogP contribution >= 0.6 is 0 Å². The summed E-state index contributed by atoms with van der Waals surface area (Å²) in [6.07, 6.45) is 3.60. The predicted octanol–water partition coefficient (Wildman–Crippen LogP) is -0.453. The molecule has 1 aromatic carbocycles. The molecule has 0 aromatic heterocycles. The SMILES string of the molecule is C[I-]N1CC2CC1C=C2c1cccc(F)c1. The normalized spacial score (nSPS) is 28.8. The molecule has 2 unspecified atom stereocenters. The Hall–Kier alpha value is -0.420. The molecule has 86 valence electrons. The van der Waals surface area contributed by atoms with Crippen molar-refractivity contribution in [3.63, 3.8) is 0 Å². The van der Waals surface area contributed by atoms with E-state index in [0.717, 1.165) is 5.56 Å². The Labute approximate surface area is 106 Å². The van der Waals surface area contributed by atoms with Gasteiger partial charge in [-0.2, -0.15) is 0 Å². The second-order valence-corrected chi connectivity index (χ2v) is 6.59. The zero-order valence-corrected chi connectivity index (χ0v) is 11.3. The monoisotopic (exact) mass is 330 g/mol. The van der Waals surface area contributed by atoms with Gasteiger partial charge in [0.15, 0.2) is 0 Å². The molecule has 1 aliphatic carbocycles. The van der Waals surface area contributed by atoms with Gasteiger partial charge in [0.25, 0.3) is 0 Å². The van der Waals surface area contributed by atoms with Crippen LogP contribution in [0.2, 0.25) is 0 Å². The molecule has 1 nitrogen and oxygen atoms in total. The zero-order chi connectivity index (χ0) is 11.1. The molecule has 16 heavy (non-hydrogen) atoms. The Morgan fingerprint density at radius 3 is 2.94 bits per heavy atom. The number of hydrogen-bond donors (Lipinski definition) is 0. The van der Waals surface area contributed by atoms with Gasteiger partial charge in [0.2, 0.25) is 0 Å². The summed E-state index contributed by atoms with van der Waals surface area (Å²) < 4.78 is 15.8. The van der Waals surface area contributed by atoms with Gasteiger partial charge in [0.05, 0.1) is 0 Å². The van der Waals surface area contributed by atoms with Gasteiger partial charge in [-0.15, -0.1) is 0 Å². The second kappa shape index (κ2) is 4.11. The Balaban J connectivity index is 1.91. The maximum atomic E-state index is 13.2. The first-order chi connectivity index (χ1) is 7.78. The van der Waals surface area contributed by atoms with Crippen LogP contribution in [0.5, 0.6) is 0 Å². The van der Waals surface area contributed by atoms with Crippen molar-refractivity contribution >= 4 is 5.57 Å². The van der Waals surface area contributed by atoms with Crippen LogP contribution in [0.25, 0.3) is 5.57 Å². The molecular weight excluding hydrogens is 316 g/mol. The molecule has 3 rings (SSSR count). The summed E-state index contributed by atoms with van der Waals surface area (Å²) in [5, 5.41) is 0. The summed E-state index contributed by atoms with van der Waals surface area (Å²) >= 11 is 0.206. The average Bonchev–Trinajstić information content (AvgIpc) is 2.87. The van der Waals surface area contributed by atoms with E-state index in [1.807, 2.05) is 12.1 Å². The first kappa shape index (κ1) is 10.7. The van der Waals surface area contributed by atoms with E-state index in [-0.39, 0.29) is 27.3 Å². The Morgan fingerprint density at radius 1 is 1.44 bits per heavy atom. The number of rotatable bonds is 2. The Bertz CT molecular complexity index is 443. The summed E-state index contributed by atoms with van der Waals surface area (Å²) in [6.45, 7) is 1.19. The van der Waals surface area contributed by atoms with Crippen molar-refractivity contribution in [3.05, 3.63) is 41.7 Å². The topological polar surface area (TPSA) is 3.24 Å². The van der Waals surface area contributed by atoms with Gasteiger partial charge in [0, 0.05) is 0 Å². The molecule has 1 aliphatic heterocycles. The fourth-order valence-electron chi connectivity index (χ4n) is 2.74. The van der Waals surface area contributed by atoms with Gasteiger partial charge >= 0.3 is 106 Å². The van der Waals surface area contributed by atoms with Crippen LogP contribution in [0.15, 0.2) is 30.3 Å². The van der Waals surface area contributed by atoms with E-state index in [0.29, 0.717) is 12.0 Å². The quantitative estimate of drug-likeness (QED) is 0.403. The van der Waals surface area contributed by atoms with Gasteiger partial charge in [-0.1, -0.05) is 0 Å². The molecule has 0 radical (unpaired) electrons. The maximum absolute atomic E-state index is 13.2. The van der Waals surface area contributed by atoms with E-state index in [2.05, 4.69) is 14.1 Å². The van der Waals surface area contributed by atoms with Crippen molar-refractivity contribution in [3.8, 4) is 0 Å². The van der Waals surface area contributed by atoms with Crippen molar-refractivity contribution in [2.24, 2.45) is 5.92 Å². The molecule has 1 saturated heterocycles.